The van der Waals surface area contributed by atoms with Crippen LogP contribution < -0.4 is 5.90 Å². The molecule has 0 spiro atoms. The second kappa shape index (κ2) is 5.97. The van der Waals surface area contributed by atoms with Gasteiger partial charge in [0.2, 0.25) is 0 Å². The van der Waals surface area contributed by atoms with E-state index in [4.69, 9.17) is 20.4 Å². The number of aliphatic hydroxyl groups excluding tert-OH is 4. The number of carbonyl (C=O) groups is 1. The highest BCUT2D eigenvalue weighted by atomic mass is 16.6. The molecule has 6 N–H and O–H groups in total. The molecule has 0 rings (SSSR count). The molecule has 7 nitrogen and oxygen atoms in total. The Labute approximate surface area is 74.3 Å². The zero-order valence-electron chi connectivity index (χ0n) is 6.78. The Hall–Kier alpha value is -0.570. The van der Waals surface area contributed by atoms with Gasteiger partial charge in [0, 0.05) is 0 Å². The smallest absolute Gasteiger partial charge is 0.151 e. The third-order valence-corrected chi connectivity index (χ3v) is 1.50. The van der Waals surface area contributed by atoms with Crippen LogP contribution in [0.2, 0.25) is 0 Å². The lowest BCUT2D eigenvalue weighted by atomic mass is 10.0. The van der Waals surface area contributed by atoms with Gasteiger partial charge < -0.3 is 30.1 Å². The number of aldehydes is 1. The van der Waals surface area contributed by atoms with Crippen molar-refractivity contribution < 1.29 is 30.1 Å². The van der Waals surface area contributed by atoms with Crippen molar-refractivity contribution in [2.75, 3.05) is 6.61 Å². The maximum absolute atomic E-state index is 9.97. The summed E-state index contributed by atoms with van der Waals surface area (Å²) in [5.41, 5.74) is 0. The number of aliphatic hydroxyl groups is 4. The summed E-state index contributed by atoms with van der Waals surface area (Å²) in [7, 11) is 0. The molecule has 0 saturated carbocycles. The van der Waals surface area contributed by atoms with Gasteiger partial charge in [-0.25, -0.2) is 5.90 Å². The Morgan fingerprint density at radius 2 is 1.77 bits per heavy atom. The highest BCUT2D eigenvalue weighted by Gasteiger charge is 2.29. The number of nitrogens with two attached hydrogens (primary N) is 1. The van der Waals surface area contributed by atoms with Crippen molar-refractivity contribution in [3.8, 4) is 0 Å². The average Bonchev–Trinajstić information content (AvgIpc) is 2.14. The van der Waals surface area contributed by atoms with Crippen LogP contribution in [0.5, 0.6) is 0 Å². The highest BCUT2D eigenvalue weighted by Crippen LogP contribution is 2.03. The Bertz CT molecular complexity index is 154. The van der Waals surface area contributed by atoms with Gasteiger partial charge in [-0.3, -0.25) is 0 Å². The average molecular weight is 195 g/mol. The molecule has 78 valence electrons. The minimum Gasteiger partial charge on any atom is -0.388 e. The molecule has 0 saturated heterocycles. The zero-order chi connectivity index (χ0) is 10.4. The van der Waals surface area contributed by atoms with Crippen LogP contribution in [-0.4, -0.2) is 57.7 Å². The summed E-state index contributed by atoms with van der Waals surface area (Å²) in [6.07, 6.45) is -6.62. The minimum absolute atomic E-state index is 0.0455. The highest BCUT2D eigenvalue weighted by molar-refractivity contribution is 5.56. The second-order valence-electron chi connectivity index (χ2n) is 2.51. The van der Waals surface area contributed by atoms with E-state index in [1.54, 1.807) is 0 Å². The molecule has 0 aromatic carbocycles. The first-order valence-corrected chi connectivity index (χ1v) is 3.53. The Balaban J connectivity index is 4.06. The second-order valence-corrected chi connectivity index (χ2v) is 2.51. The molecular formula is C6H13NO6. The summed E-state index contributed by atoms with van der Waals surface area (Å²) in [6.45, 7) is -0.413. The number of hydrogen-bond acceptors (Lipinski definition) is 7. The molecule has 0 aliphatic heterocycles. The number of hydrogen-bond donors (Lipinski definition) is 5. The third kappa shape index (κ3) is 3.77. The summed E-state index contributed by atoms with van der Waals surface area (Å²) in [6, 6.07) is 0. The van der Waals surface area contributed by atoms with Crippen LogP contribution in [0, 0.1) is 0 Å². The number of rotatable bonds is 6. The monoisotopic (exact) mass is 195 g/mol. The van der Waals surface area contributed by atoms with Crippen molar-refractivity contribution in [1.29, 1.82) is 0 Å². The molecule has 0 bridgehead atoms. The third-order valence-electron chi connectivity index (χ3n) is 1.50. The lowest BCUT2D eigenvalue weighted by Gasteiger charge is -2.23. The van der Waals surface area contributed by atoms with Crippen molar-refractivity contribution in [2.45, 2.75) is 24.4 Å². The molecular weight excluding hydrogens is 182 g/mol. The van der Waals surface area contributed by atoms with Crippen LogP contribution in [0.1, 0.15) is 0 Å². The lowest BCUT2D eigenvalue weighted by Crippen LogP contribution is -2.46. The quantitative estimate of drug-likeness (QED) is 0.219. The predicted molar refractivity (Wildman–Crippen MR) is 40.2 cm³/mol. The van der Waals surface area contributed by atoms with Gasteiger partial charge in [0.15, 0.2) is 6.29 Å². The Morgan fingerprint density at radius 1 is 1.23 bits per heavy atom. The molecule has 0 amide bonds. The van der Waals surface area contributed by atoms with E-state index in [9.17, 15) is 4.79 Å². The fraction of sp³-hybridized carbons (Fsp3) is 0.833. The molecule has 13 heavy (non-hydrogen) atoms. The summed E-state index contributed by atoms with van der Waals surface area (Å²) >= 11 is 0. The van der Waals surface area contributed by atoms with Gasteiger partial charge in [0.1, 0.15) is 24.4 Å². The fourth-order valence-electron chi connectivity index (χ4n) is 0.707. The molecule has 4 unspecified atom stereocenters. The van der Waals surface area contributed by atoms with Crippen molar-refractivity contribution in [3.05, 3.63) is 0 Å². The molecule has 0 fully saturated rings. The van der Waals surface area contributed by atoms with E-state index in [0.29, 0.717) is 0 Å². The van der Waals surface area contributed by atoms with E-state index < -0.39 is 31.0 Å². The van der Waals surface area contributed by atoms with Crippen LogP contribution in [0.4, 0.5) is 0 Å². The van der Waals surface area contributed by atoms with E-state index in [-0.39, 0.29) is 6.29 Å². The minimum atomic E-state index is -1.76. The fourth-order valence-corrected chi connectivity index (χ4v) is 0.707. The van der Waals surface area contributed by atoms with Crippen molar-refractivity contribution in [1.82, 2.24) is 0 Å². The summed E-state index contributed by atoms with van der Waals surface area (Å²) in [5, 5.41) is 35.8. The van der Waals surface area contributed by atoms with Crippen LogP contribution in [0.15, 0.2) is 0 Å². The van der Waals surface area contributed by atoms with Gasteiger partial charge in [0.05, 0.1) is 6.61 Å². The molecule has 0 aromatic heterocycles. The van der Waals surface area contributed by atoms with Crippen LogP contribution in [0.3, 0.4) is 0 Å². The van der Waals surface area contributed by atoms with Crippen molar-refractivity contribution in [2.24, 2.45) is 5.90 Å². The van der Waals surface area contributed by atoms with Gasteiger partial charge >= 0.3 is 0 Å². The van der Waals surface area contributed by atoms with Gasteiger partial charge in [-0.1, -0.05) is 0 Å². The standard InChI is InChI=1S/C6H13NO6/c7-13-2-4(10)6(12)5(11)3(9)1-8/h1,3-6,9-12H,2,7H2. The molecule has 4 atom stereocenters. The van der Waals surface area contributed by atoms with Crippen molar-refractivity contribution >= 4 is 6.29 Å². The van der Waals surface area contributed by atoms with E-state index in [0.717, 1.165) is 0 Å². The first-order chi connectivity index (χ1) is 6.04. The van der Waals surface area contributed by atoms with Crippen molar-refractivity contribution in [3.63, 3.8) is 0 Å². The topological polar surface area (TPSA) is 133 Å². The Kier molecular flexibility index (Phi) is 5.71. The maximum atomic E-state index is 9.97. The largest absolute Gasteiger partial charge is 0.388 e. The van der Waals surface area contributed by atoms with Crippen LogP contribution in [-0.2, 0) is 9.63 Å². The first-order valence-electron chi connectivity index (χ1n) is 3.53. The van der Waals surface area contributed by atoms with E-state index in [2.05, 4.69) is 10.7 Å². The molecule has 0 aliphatic rings. The summed E-state index contributed by atoms with van der Waals surface area (Å²) < 4.78 is 0. The van der Waals surface area contributed by atoms with Gasteiger partial charge in [-0.05, 0) is 0 Å². The maximum Gasteiger partial charge on any atom is 0.151 e. The van der Waals surface area contributed by atoms with Gasteiger partial charge in [-0.2, -0.15) is 0 Å². The molecule has 7 heteroatoms. The molecule has 0 heterocycles. The SMILES string of the molecule is NOCC(O)C(O)C(O)C(O)C=O. The molecule has 0 aliphatic carbocycles. The molecule has 0 radical (unpaired) electrons. The van der Waals surface area contributed by atoms with Gasteiger partial charge in [0.25, 0.3) is 0 Å². The summed E-state index contributed by atoms with van der Waals surface area (Å²) in [4.78, 5) is 14.0. The van der Waals surface area contributed by atoms with Gasteiger partial charge in [-0.15, -0.1) is 0 Å². The van der Waals surface area contributed by atoms with Crippen LogP contribution >= 0.6 is 0 Å². The zero-order valence-corrected chi connectivity index (χ0v) is 6.78. The summed E-state index contributed by atoms with van der Waals surface area (Å²) in [5.74, 6) is 4.59. The van der Waals surface area contributed by atoms with E-state index in [1.165, 1.54) is 0 Å². The Morgan fingerprint density at radius 3 is 2.15 bits per heavy atom. The normalized spacial score (nSPS) is 20.4. The first kappa shape index (κ1) is 12.4. The predicted octanol–water partition coefficient (Wildman–Crippen LogP) is -3.48. The van der Waals surface area contributed by atoms with E-state index in [1.807, 2.05) is 0 Å². The molecule has 0 aromatic rings. The van der Waals surface area contributed by atoms with Crippen LogP contribution in [0.25, 0.3) is 0 Å². The lowest BCUT2D eigenvalue weighted by molar-refractivity contribution is -0.138. The number of carbonyl (C=O) groups excluding carboxylic acids is 1. The van der Waals surface area contributed by atoms with E-state index >= 15 is 0 Å².